The Balaban J connectivity index is 2.29. The molecule has 0 aromatic heterocycles. The van der Waals surface area contributed by atoms with Crippen LogP contribution in [0, 0.1) is 3.57 Å². The van der Waals surface area contributed by atoms with E-state index in [0.717, 1.165) is 9.26 Å². The molecule has 0 unspecified atom stereocenters. The highest BCUT2D eigenvalue weighted by Gasteiger charge is 2.13. The number of benzene rings is 2. The SMILES string of the molecule is CCOC(=O)c1cccc(Nc2cccc(I)c2)c1N. The smallest absolute Gasteiger partial charge is 0.340 e. The van der Waals surface area contributed by atoms with E-state index in [1.54, 1.807) is 19.1 Å². The zero-order chi connectivity index (χ0) is 14.5. The number of carbonyl (C=O) groups is 1. The molecule has 0 spiro atoms. The van der Waals surface area contributed by atoms with E-state index >= 15 is 0 Å². The highest BCUT2D eigenvalue weighted by Crippen LogP contribution is 2.27. The number of anilines is 3. The quantitative estimate of drug-likeness (QED) is 0.480. The monoisotopic (exact) mass is 382 g/mol. The van der Waals surface area contributed by atoms with Crippen LogP contribution in [0.2, 0.25) is 0 Å². The van der Waals surface area contributed by atoms with Crippen LogP contribution >= 0.6 is 22.6 Å². The first-order chi connectivity index (χ1) is 9.61. The summed E-state index contributed by atoms with van der Waals surface area (Å²) in [6.07, 6.45) is 0. The van der Waals surface area contributed by atoms with Crippen LogP contribution in [0.25, 0.3) is 0 Å². The van der Waals surface area contributed by atoms with Crippen molar-refractivity contribution in [2.24, 2.45) is 0 Å². The van der Waals surface area contributed by atoms with Crippen molar-refractivity contribution in [1.29, 1.82) is 0 Å². The predicted octanol–water partition coefficient (Wildman–Crippen LogP) is 3.79. The zero-order valence-corrected chi connectivity index (χ0v) is 13.2. The summed E-state index contributed by atoms with van der Waals surface area (Å²) in [5, 5.41) is 3.21. The van der Waals surface area contributed by atoms with Gasteiger partial charge in [0.25, 0.3) is 0 Å². The second-order valence-corrected chi connectivity index (χ2v) is 5.37. The number of para-hydroxylation sites is 1. The number of esters is 1. The van der Waals surface area contributed by atoms with Gasteiger partial charge in [-0.15, -0.1) is 0 Å². The van der Waals surface area contributed by atoms with E-state index in [2.05, 4.69) is 27.9 Å². The molecule has 4 nitrogen and oxygen atoms in total. The number of nitrogens with two attached hydrogens (primary N) is 1. The van der Waals surface area contributed by atoms with Crippen molar-refractivity contribution in [2.45, 2.75) is 6.92 Å². The Bertz CT molecular complexity index is 629. The minimum absolute atomic E-state index is 0.326. The summed E-state index contributed by atoms with van der Waals surface area (Å²) >= 11 is 2.24. The fraction of sp³-hybridized carbons (Fsp3) is 0.133. The molecule has 0 radical (unpaired) electrons. The van der Waals surface area contributed by atoms with Crippen LogP contribution in [0.15, 0.2) is 42.5 Å². The summed E-state index contributed by atoms with van der Waals surface area (Å²) in [5.74, 6) is -0.406. The molecule has 2 aromatic carbocycles. The van der Waals surface area contributed by atoms with Crippen molar-refractivity contribution in [3.63, 3.8) is 0 Å². The molecular weight excluding hydrogens is 367 g/mol. The van der Waals surface area contributed by atoms with E-state index in [-0.39, 0.29) is 0 Å². The van der Waals surface area contributed by atoms with E-state index in [1.165, 1.54) is 0 Å². The van der Waals surface area contributed by atoms with Crippen molar-refractivity contribution < 1.29 is 9.53 Å². The number of hydrogen-bond donors (Lipinski definition) is 2. The lowest BCUT2D eigenvalue weighted by atomic mass is 10.1. The van der Waals surface area contributed by atoms with Crippen LogP contribution in [0.4, 0.5) is 17.1 Å². The molecule has 0 saturated carbocycles. The zero-order valence-electron chi connectivity index (χ0n) is 11.0. The van der Waals surface area contributed by atoms with Gasteiger partial charge in [-0.3, -0.25) is 0 Å². The van der Waals surface area contributed by atoms with Gasteiger partial charge in [0.05, 0.1) is 23.5 Å². The minimum atomic E-state index is -0.406. The van der Waals surface area contributed by atoms with Crippen LogP contribution in [0.5, 0.6) is 0 Å². The highest BCUT2D eigenvalue weighted by molar-refractivity contribution is 14.1. The average Bonchev–Trinajstić information content (AvgIpc) is 2.41. The van der Waals surface area contributed by atoms with Gasteiger partial charge in [-0.05, 0) is 59.8 Å². The van der Waals surface area contributed by atoms with Gasteiger partial charge in [0, 0.05) is 9.26 Å². The van der Waals surface area contributed by atoms with E-state index in [9.17, 15) is 4.79 Å². The van der Waals surface area contributed by atoms with Gasteiger partial charge >= 0.3 is 5.97 Å². The third-order valence-electron chi connectivity index (χ3n) is 2.71. The number of ether oxygens (including phenoxy) is 1. The van der Waals surface area contributed by atoms with Crippen molar-refractivity contribution in [1.82, 2.24) is 0 Å². The first-order valence-corrected chi connectivity index (χ1v) is 7.28. The lowest BCUT2D eigenvalue weighted by molar-refractivity contribution is 0.0527. The van der Waals surface area contributed by atoms with E-state index < -0.39 is 5.97 Å². The van der Waals surface area contributed by atoms with Gasteiger partial charge in [0.1, 0.15) is 0 Å². The number of carbonyl (C=O) groups excluding carboxylic acids is 1. The summed E-state index contributed by atoms with van der Waals surface area (Å²) in [4.78, 5) is 11.8. The number of nitrogens with one attached hydrogen (secondary N) is 1. The number of rotatable bonds is 4. The Morgan fingerprint density at radius 1 is 1.30 bits per heavy atom. The minimum Gasteiger partial charge on any atom is -0.462 e. The number of nitrogen functional groups attached to an aromatic ring is 1. The molecule has 0 amide bonds. The molecule has 20 heavy (non-hydrogen) atoms. The fourth-order valence-corrected chi connectivity index (χ4v) is 2.33. The molecule has 3 N–H and O–H groups in total. The summed E-state index contributed by atoms with van der Waals surface area (Å²) < 4.78 is 6.10. The van der Waals surface area contributed by atoms with Crippen molar-refractivity contribution in [2.75, 3.05) is 17.7 Å². The van der Waals surface area contributed by atoms with Gasteiger partial charge in [-0.25, -0.2) is 4.79 Å². The third-order valence-corrected chi connectivity index (χ3v) is 3.38. The maximum atomic E-state index is 11.8. The molecule has 0 aliphatic carbocycles. The molecule has 0 aliphatic heterocycles. The fourth-order valence-electron chi connectivity index (χ4n) is 1.78. The molecule has 0 atom stereocenters. The topological polar surface area (TPSA) is 64.3 Å². The van der Waals surface area contributed by atoms with Crippen LogP contribution < -0.4 is 11.1 Å². The molecule has 104 valence electrons. The Labute approximate surface area is 131 Å². The molecule has 2 rings (SSSR count). The average molecular weight is 382 g/mol. The first kappa shape index (κ1) is 14.6. The molecule has 0 saturated heterocycles. The molecule has 2 aromatic rings. The van der Waals surface area contributed by atoms with Gasteiger partial charge < -0.3 is 15.8 Å². The first-order valence-electron chi connectivity index (χ1n) is 6.20. The molecule has 0 fully saturated rings. The molecule has 5 heteroatoms. The maximum Gasteiger partial charge on any atom is 0.340 e. The second-order valence-electron chi connectivity index (χ2n) is 4.12. The molecule has 0 aliphatic rings. The van der Waals surface area contributed by atoms with Crippen LogP contribution in [-0.2, 0) is 4.74 Å². The standard InChI is InChI=1S/C15H15IN2O2/c1-2-20-15(19)12-7-4-8-13(14(12)17)18-11-6-3-5-10(16)9-11/h3-9,18H,2,17H2,1H3. The van der Waals surface area contributed by atoms with E-state index in [1.807, 2.05) is 30.3 Å². The number of halogens is 1. The Kier molecular flexibility index (Phi) is 4.84. The predicted molar refractivity (Wildman–Crippen MR) is 89.3 cm³/mol. The van der Waals surface area contributed by atoms with Gasteiger partial charge in [0.2, 0.25) is 0 Å². The molecular formula is C15H15IN2O2. The Morgan fingerprint density at radius 2 is 2.05 bits per heavy atom. The summed E-state index contributed by atoms with van der Waals surface area (Å²) in [6.45, 7) is 2.09. The summed E-state index contributed by atoms with van der Waals surface area (Å²) in [6, 6.07) is 13.2. The molecule has 0 heterocycles. The Hall–Kier alpha value is -1.76. The van der Waals surface area contributed by atoms with Crippen LogP contribution in [0.1, 0.15) is 17.3 Å². The van der Waals surface area contributed by atoms with Crippen LogP contribution in [-0.4, -0.2) is 12.6 Å². The third kappa shape index (κ3) is 3.41. The maximum absolute atomic E-state index is 11.8. The van der Waals surface area contributed by atoms with Crippen LogP contribution in [0.3, 0.4) is 0 Å². The van der Waals surface area contributed by atoms with E-state index in [4.69, 9.17) is 10.5 Å². The number of hydrogen-bond acceptors (Lipinski definition) is 4. The van der Waals surface area contributed by atoms with Gasteiger partial charge in [0.15, 0.2) is 0 Å². The van der Waals surface area contributed by atoms with E-state index in [0.29, 0.717) is 23.5 Å². The lowest BCUT2D eigenvalue weighted by Crippen LogP contribution is -2.09. The van der Waals surface area contributed by atoms with Crippen molar-refractivity contribution >= 4 is 45.6 Å². The van der Waals surface area contributed by atoms with Gasteiger partial charge in [-0.2, -0.15) is 0 Å². The lowest BCUT2D eigenvalue weighted by Gasteiger charge is -2.12. The Morgan fingerprint density at radius 3 is 2.75 bits per heavy atom. The van der Waals surface area contributed by atoms with Gasteiger partial charge in [-0.1, -0.05) is 12.1 Å². The van der Waals surface area contributed by atoms with Crippen molar-refractivity contribution in [3.8, 4) is 0 Å². The highest BCUT2D eigenvalue weighted by atomic mass is 127. The largest absolute Gasteiger partial charge is 0.462 e. The molecule has 0 bridgehead atoms. The van der Waals surface area contributed by atoms with Crippen molar-refractivity contribution in [3.05, 3.63) is 51.6 Å². The summed E-state index contributed by atoms with van der Waals surface area (Å²) in [5.41, 5.74) is 8.42. The normalized spacial score (nSPS) is 10.1. The second kappa shape index (κ2) is 6.60. The summed E-state index contributed by atoms with van der Waals surface area (Å²) in [7, 11) is 0.